The predicted molar refractivity (Wildman–Crippen MR) is 62.0 cm³/mol. The van der Waals surface area contributed by atoms with Crippen molar-refractivity contribution in [3.8, 4) is 0 Å². The molecule has 0 fully saturated rings. The molecule has 2 rings (SSSR count). The van der Waals surface area contributed by atoms with Gasteiger partial charge < -0.3 is 9.36 Å². The standard InChI is InChI=1S/C13H15NO/c1-2-7-14-8-5-12-10-11(6-9-15)3-4-13(12)14/h3-5,8-10H,2,6-7H2,1H3. The van der Waals surface area contributed by atoms with Crippen LogP contribution in [0.1, 0.15) is 18.9 Å². The Hall–Kier alpha value is -1.57. The van der Waals surface area contributed by atoms with Gasteiger partial charge >= 0.3 is 0 Å². The van der Waals surface area contributed by atoms with Crippen LogP contribution in [-0.4, -0.2) is 10.9 Å². The number of nitrogens with zero attached hydrogens (tertiary/aromatic N) is 1. The Bertz CT molecular complexity index is 470. The van der Waals surface area contributed by atoms with Crippen LogP contribution in [0.25, 0.3) is 10.9 Å². The van der Waals surface area contributed by atoms with Gasteiger partial charge in [-0.25, -0.2) is 0 Å². The first kappa shape index (κ1) is 9.97. The lowest BCUT2D eigenvalue weighted by molar-refractivity contribution is -0.107. The number of hydrogen-bond donors (Lipinski definition) is 0. The molecule has 2 nitrogen and oxygen atoms in total. The summed E-state index contributed by atoms with van der Waals surface area (Å²) in [6, 6.07) is 8.34. The SMILES string of the molecule is CCCn1ccc2cc(CC=O)ccc21. The Labute approximate surface area is 89.5 Å². The van der Waals surface area contributed by atoms with Crippen molar-refractivity contribution < 1.29 is 4.79 Å². The lowest BCUT2D eigenvalue weighted by atomic mass is 10.1. The van der Waals surface area contributed by atoms with Crippen LogP contribution in [0.4, 0.5) is 0 Å². The highest BCUT2D eigenvalue weighted by Gasteiger charge is 2.00. The molecule has 0 unspecified atom stereocenters. The predicted octanol–water partition coefficient (Wildman–Crippen LogP) is 2.79. The molecule has 78 valence electrons. The van der Waals surface area contributed by atoms with Gasteiger partial charge in [0.1, 0.15) is 6.29 Å². The summed E-state index contributed by atoms with van der Waals surface area (Å²) in [6.07, 6.45) is 4.71. The van der Waals surface area contributed by atoms with Crippen LogP contribution >= 0.6 is 0 Å². The minimum absolute atomic E-state index is 0.509. The smallest absolute Gasteiger partial charge is 0.124 e. The summed E-state index contributed by atoms with van der Waals surface area (Å²) in [6.45, 7) is 3.23. The van der Waals surface area contributed by atoms with Crippen molar-refractivity contribution >= 4 is 17.2 Å². The van der Waals surface area contributed by atoms with Crippen LogP contribution in [0.2, 0.25) is 0 Å². The zero-order chi connectivity index (χ0) is 10.7. The van der Waals surface area contributed by atoms with Crippen LogP contribution in [0.3, 0.4) is 0 Å². The van der Waals surface area contributed by atoms with E-state index >= 15 is 0 Å². The highest BCUT2D eigenvalue weighted by atomic mass is 16.1. The minimum Gasteiger partial charge on any atom is -0.347 e. The van der Waals surface area contributed by atoms with E-state index in [1.165, 1.54) is 10.9 Å². The van der Waals surface area contributed by atoms with Gasteiger partial charge in [-0.05, 0) is 35.6 Å². The molecule has 15 heavy (non-hydrogen) atoms. The number of carbonyl (C=O) groups is 1. The third-order valence-corrected chi connectivity index (χ3v) is 2.62. The quantitative estimate of drug-likeness (QED) is 0.697. The lowest BCUT2D eigenvalue weighted by Gasteiger charge is -2.03. The Balaban J connectivity index is 2.42. The summed E-state index contributed by atoms with van der Waals surface area (Å²) in [5.41, 5.74) is 2.35. The summed E-state index contributed by atoms with van der Waals surface area (Å²) in [7, 11) is 0. The number of carbonyl (C=O) groups excluding carboxylic acids is 1. The van der Waals surface area contributed by atoms with Gasteiger partial charge in [0.15, 0.2) is 0 Å². The molecule has 0 radical (unpaired) electrons. The Morgan fingerprint density at radius 1 is 1.33 bits per heavy atom. The average molecular weight is 201 g/mol. The van der Waals surface area contributed by atoms with E-state index in [1.54, 1.807) is 0 Å². The Kier molecular flexibility index (Phi) is 2.86. The third kappa shape index (κ3) is 1.94. The van der Waals surface area contributed by atoms with Gasteiger partial charge in [0.25, 0.3) is 0 Å². The van der Waals surface area contributed by atoms with E-state index in [0.717, 1.165) is 24.8 Å². The molecule has 0 bridgehead atoms. The van der Waals surface area contributed by atoms with Crippen LogP contribution < -0.4 is 0 Å². The molecule has 1 aromatic carbocycles. The zero-order valence-corrected chi connectivity index (χ0v) is 8.94. The number of fused-ring (bicyclic) bond motifs is 1. The molecule has 2 heteroatoms. The van der Waals surface area contributed by atoms with Gasteiger partial charge in [0.2, 0.25) is 0 Å². The van der Waals surface area contributed by atoms with Crippen molar-refractivity contribution in [3.63, 3.8) is 0 Å². The summed E-state index contributed by atoms with van der Waals surface area (Å²) in [5.74, 6) is 0. The second kappa shape index (κ2) is 4.30. The number of rotatable bonds is 4. The van der Waals surface area contributed by atoms with Gasteiger partial charge in [0.05, 0.1) is 0 Å². The molecule has 2 aromatic rings. The molecule has 0 saturated carbocycles. The summed E-state index contributed by atoms with van der Waals surface area (Å²) >= 11 is 0. The van der Waals surface area contributed by atoms with Gasteiger partial charge in [-0.15, -0.1) is 0 Å². The maximum atomic E-state index is 10.4. The highest BCUT2D eigenvalue weighted by Crippen LogP contribution is 2.18. The van der Waals surface area contributed by atoms with Crippen molar-refractivity contribution in [2.45, 2.75) is 26.3 Å². The molecule has 1 aromatic heterocycles. The molecule has 0 aliphatic carbocycles. The second-order valence-electron chi connectivity index (χ2n) is 3.77. The molecular formula is C13H15NO. The summed E-state index contributed by atoms with van der Waals surface area (Å²) < 4.78 is 2.25. The molecule has 0 aliphatic heterocycles. The van der Waals surface area contributed by atoms with Crippen molar-refractivity contribution in [2.24, 2.45) is 0 Å². The first-order chi connectivity index (χ1) is 7.35. The van der Waals surface area contributed by atoms with Crippen LogP contribution in [0, 0.1) is 0 Å². The van der Waals surface area contributed by atoms with Crippen LogP contribution in [0.15, 0.2) is 30.5 Å². The van der Waals surface area contributed by atoms with E-state index in [-0.39, 0.29) is 0 Å². The second-order valence-corrected chi connectivity index (χ2v) is 3.77. The van der Waals surface area contributed by atoms with Gasteiger partial charge in [-0.3, -0.25) is 0 Å². The third-order valence-electron chi connectivity index (χ3n) is 2.62. The fraction of sp³-hybridized carbons (Fsp3) is 0.308. The molecule has 0 N–H and O–H groups in total. The maximum Gasteiger partial charge on any atom is 0.124 e. The number of benzene rings is 1. The summed E-state index contributed by atoms with van der Waals surface area (Å²) in [4.78, 5) is 10.4. The molecule has 0 spiro atoms. The highest BCUT2D eigenvalue weighted by molar-refractivity contribution is 5.81. The van der Waals surface area contributed by atoms with Crippen LogP contribution in [0.5, 0.6) is 0 Å². The monoisotopic (exact) mass is 201 g/mol. The molecule has 0 saturated heterocycles. The van der Waals surface area contributed by atoms with Crippen molar-refractivity contribution in [1.29, 1.82) is 0 Å². The Morgan fingerprint density at radius 3 is 2.93 bits per heavy atom. The summed E-state index contributed by atoms with van der Waals surface area (Å²) in [5, 5.41) is 1.22. The molecule has 0 atom stereocenters. The first-order valence-electron chi connectivity index (χ1n) is 5.36. The largest absolute Gasteiger partial charge is 0.347 e. The van der Waals surface area contributed by atoms with E-state index in [4.69, 9.17) is 0 Å². The Morgan fingerprint density at radius 2 is 2.20 bits per heavy atom. The minimum atomic E-state index is 0.509. The number of aryl methyl sites for hydroxylation is 1. The van der Waals surface area contributed by atoms with Crippen molar-refractivity contribution in [2.75, 3.05) is 0 Å². The maximum absolute atomic E-state index is 10.4. The van der Waals surface area contributed by atoms with Gasteiger partial charge in [-0.2, -0.15) is 0 Å². The first-order valence-corrected chi connectivity index (χ1v) is 5.36. The molecule has 1 heterocycles. The number of aldehydes is 1. The van der Waals surface area contributed by atoms with Crippen molar-refractivity contribution in [1.82, 2.24) is 4.57 Å². The van der Waals surface area contributed by atoms with Crippen LogP contribution in [-0.2, 0) is 17.8 Å². The fourth-order valence-corrected chi connectivity index (χ4v) is 1.91. The number of hydrogen-bond acceptors (Lipinski definition) is 1. The topological polar surface area (TPSA) is 22.0 Å². The van der Waals surface area contributed by atoms with E-state index < -0.39 is 0 Å². The van der Waals surface area contributed by atoms with E-state index in [0.29, 0.717) is 6.42 Å². The van der Waals surface area contributed by atoms with Crippen molar-refractivity contribution in [3.05, 3.63) is 36.0 Å². The average Bonchev–Trinajstić information content (AvgIpc) is 2.62. The zero-order valence-electron chi connectivity index (χ0n) is 8.94. The van der Waals surface area contributed by atoms with Gasteiger partial charge in [-0.1, -0.05) is 13.0 Å². The molecule has 0 amide bonds. The fourth-order valence-electron chi connectivity index (χ4n) is 1.91. The van der Waals surface area contributed by atoms with E-state index in [9.17, 15) is 4.79 Å². The number of aromatic nitrogens is 1. The normalized spacial score (nSPS) is 10.7. The molecule has 0 aliphatic rings. The van der Waals surface area contributed by atoms with Gasteiger partial charge in [0, 0.05) is 24.7 Å². The van der Waals surface area contributed by atoms with E-state index in [1.807, 2.05) is 6.07 Å². The molecular weight excluding hydrogens is 186 g/mol. The lowest BCUT2D eigenvalue weighted by Crippen LogP contribution is -1.94. The van der Waals surface area contributed by atoms with E-state index in [2.05, 4.69) is 35.9 Å².